The van der Waals surface area contributed by atoms with Gasteiger partial charge in [-0.05, 0) is 37.0 Å². The van der Waals surface area contributed by atoms with Gasteiger partial charge in [-0.15, -0.1) is 0 Å². The zero-order valence-corrected chi connectivity index (χ0v) is 17.1. The highest BCUT2D eigenvalue weighted by molar-refractivity contribution is 6.03. The molecule has 1 unspecified atom stereocenters. The third-order valence-corrected chi connectivity index (χ3v) is 5.20. The summed E-state index contributed by atoms with van der Waals surface area (Å²) < 4.78 is 0. The summed E-state index contributed by atoms with van der Waals surface area (Å²) in [5, 5.41) is 33.3. The molecule has 0 fully saturated rings. The van der Waals surface area contributed by atoms with Crippen LogP contribution in [0.4, 0.5) is 11.8 Å². The number of aliphatic hydroxyl groups is 1. The lowest BCUT2D eigenvalue weighted by atomic mass is 9.90. The van der Waals surface area contributed by atoms with Crippen LogP contribution in [0.2, 0.25) is 0 Å². The number of nitrogens with one attached hydrogen (secondary N) is 3. The molecule has 2 aromatic rings. The molecule has 1 aliphatic heterocycles. The van der Waals surface area contributed by atoms with Crippen LogP contribution in [-0.4, -0.2) is 55.1 Å². The third kappa shape index (κ3) is 4.98. The molecule has 0 saturated carbocycles. The van der Waals surface area contributed by atoms with Crippen LogP contribution in [0, 0.1) is 0 Å². The lowest BCUT2D eigenvalue weighted by Crippen LogP contribution is -2.41. The summed E-state index contributed by atoms with van der Waals surface area (Å²) in [6.45, 7) is 0. The largest absolute Gasteiger partial charge is 0.481 e. The molecule has 0 spiro atoms. The van der Waals surface area contributed by atoms with E-state index in [0.29, 0.717) is 5.56 Å². The molecule has 0 saturated heterocycles. The molecule has 3 rings (SSSR count). The van der Waals surface area contributed by atoms with E-state index < -0.39 is 47.4 Å². The Hall–Kier alpha value is -4.26. The van der Waals surface area contributed by atoms with Gasteiger partial charge >= 0.3 is 11.9 Å². The van der Waals surface area contributed by atoms with Crippen molar-refractivity contribution in [2.45, 2.75) is 37.3 Å². The summed E-state index contributed by atoms with van der Waals surface area (Å²) >= 11 is 0. The molecule has 0 radical (unpaired) electrons. The van der Waals surface area contributed by atoms with Gasteiger partial charge in [0.25, 0.3) is 17.4 Å². The van der Waals surface area contributed by atoms with Crippen LogP contribution in [0.15, 0.2) is 29.1 Å². The minimum atomic E-state index is -2.11. The number of aromatic nitrogens is 2. The molecule has 8 N–H and O–H groups in total. The van der Waals surface area contributed by atoms with E-state index in [1.54, 1.807) is 12.1 Å². The first-order valence-electron chi connectivity index (χ1n) is 9.79. The Bertz CT molecular complexity index is 1180. The monoisotopic (exact) mass is 459 g/mol. The van der Waals surface area contributed by atoms with Crippen LogP contribution < -0.4 is 21.9 Å². The fraction of sp³-hybridized carbons (Fsp3) is 0.300. The molecule has 2 atom stereocenters. The number of hydrogen-bond acceptors (Lipinski definition) is 8. The topological polar surface area (TPSA) is 225 Å². The summed E-state index contributed by atoms with van der Waals surface area (Å²) in [5.74, 6) is -4.34. The van der Waals surface area contributed by atoms with Gasteiger partial charge in [0.05, 0.1) is 0 Å². The summed E-state index contributed by atoms with van der Waals surface area (Å²) in [7, 11) is 0. The average molecular weight is 459 g/mol. The molecule has 1 aromatic carbocycles. The van der Waals surface area contributed by atoms with Crippen LogP contribution in [0.1, 0.15) is 40.7 Å². The first-order chi connectivity index (χ1) is 15.5. The lowest BCUT2D eigenvalue weighted by molar-refractivity contribution is -0.140. The standard InChI is InChI=1S/C20H21N5O8/c21-19-24-14-13(16(29)25-19)20(33,18(32)23-14)8-7-9-1-3-10(4-2-9)15(28)22-11(17(30)31)5-6-12(26)27/h1-4,11,33H,5-8H2,(H,22,28)(H,26,27)(H,30,31)(H4,21,23,24,25,29,32)/t11-,20?/m1/s1. The number of amides is 2. The molecule has 2 amide bonds. The second-order valence-corrected chi connectivity index (χ2v) is 7.48. The van der Waals surface area contributed by atoms with E-state index >= 15 is 0 Å². The van der Waals surface area contributed by atoms with Crippen molar-refractivity contribution >= 4 is 35.5 Å². The Morgan fingerprint density at radius 1 is 1.15 bits per heavy atom. The lowest BCUT2D eigenvalue weighted by Gasteiger charge is -2.19. The molecule has 0 aliphatic carbocycles. The quantitative estimate of drug-likeness (QED) is 0.246. The first kappa shape index (κ1) is 23.4. The van der Waals surface area contributed by atoms with Crippen LogP contribution in [0.5, 0.6) is 0 Å². The average Bonchev–Trinajstić information content (AvgIpc) is 2.99. The Morgan fingerprint density at radius 2 is 1.82 bits per heavy atom. The maximum absolute atomic E-state index is 12.3. The van der Waals surface area contributed by atoms with E-state index in [4.69, 9.17) is 15.9 Å². The molecule has 0 bridgehead atoms. The first-order valence-corrected chi connectivity index (χ1v) is 9.79. The van der Waals surface area contributed by atoms with E-state index in [2.05, 4.69) is 20.6 Å². The molecule has 13 nitrogen and oxygen atoms in total. The van der Waals surface area contributed by atoms with Crippen LogP contribution in [-0.2, 0) is 26.4 Å². The number of benzene rings is 1. The van der Waals surface area contributed by atoms with E-state index in [1.807, 2.05) is 0 Å². The normalized spacial score (nSPS) is 17.7. The number of carboxylic acid groups (broad SMARTS) is 2. The van der Waals surface area contributed by atoms with Gasteiger partial charge in [-0.1, -0.05) is 12.1 Å². The maximum Gasteiger partial charge on any atom is 0.326 e. The number of nitrogens with two attached hydrogens (primary N) is 1. The number of aliphatic carboxylic acids is 2. The third-order valence-electron chi connectivity index (χ3n) is 5.20. The number of aromatic amines is 1. The second-order valence-electron chi connectivity index (χ2n) is 7.48. The van der Waals surface area contributed by atoms with Gasteiger partial charge in [-0.25, -0.2) is 4.79 Å². The van der Waals surface area contributed by atoms with Gasteiger partial charge in [-0.2, -0.15) is 4.98 Å². The summed E-state index contributed by atoms with van der Waals surface area (Å²) in [6, 6.07) is 4.57. The smallest absolute Gasteiger partial charge is 0.326 e. The van der Waals surface area contributed by atoms with Crippen molar-refractivity contribution in [1.82, 2.24) is 15.3 Å². The Kier molecular flexibility index (Phi) is 6.44. The highest BCUT2D eigenvalue weighted by atomic mass is 16.4. The second kappa shape index (κ2) is 9.08. The number of rotatable bonds is 9. The number of carbonyl (C=O) groups excluding carboxylic acids is 2. The highest BCUT2D eigenvalue weighted by Gasteiger charge is 2.48. The number of H-pyrrole nitrogens is 1. The molecule has 1 aliphatic rings. The van der Waals surface area contributed by atoms with E-state index in [-0.39, 0.29) is 42.2 Å². The summed E-state index contributed by atoms with van der Waals surface area (Å²) in [6.07, 6.45) is -0.676. The van der Waals surface area contributed by atoms with Crippen LogP contribution in [0.25, 0.3) is 0 Å². The zero-order valence-electron chi connectivity index (χ0n) is 17.1. The predicted molar refractivity (Wildman–Crippen MR) is 112 cm³/mol. The number of carbonyl (C=O) groups is 4. The van der Waals surface area contributed by atoms with Crippen molar-refractivity contribution in [1.29, 1.82) is 0 Å². The molecular formula is C20H21N5O8. The van der Waals surface area contributed by atoms with Crippen molar-refractivity contribution in [3.8, 4) is 0 Å². The number of nitrogens with zero attached hydrogens (tertiary/aromatic N) is 1. The number of hydrogen-bond donors (Lipinski definition) is 7. The van der Waals surface area contributed by atoms with Gasteiger partial charge in [-0.3, -0.25) is 24.2 Å². The highest BCUT2D eigenvalue weighted by Crippen LogP contribution is 2.35. The number of carboxylic acids is 2. The molecule has 174 valence electrons. The Labute approximate surface area is 185 Å². The zero-order chi connectivity index (χ0) is 24.3. The minimum Gasteiger partial charge on any atom is -0.481 e. The van der Waals surface area contributed by atoms with Crippen molar-refractivity contribution in [2.75, 3.05) is 11.1 Å². The van der Waals surface area contributed by atoms with E-state index in [0.717, 1.165) is 0 Å². The molecule has 2 heterocycles. The van der Waals surface area contributed by atoms with Crippen LogP contribution >= 0.6 is 0 Å². The van der Waals surface area contributed by atoms with E-state index in [1.165, 1.54) is 12.1 Å². The predicted octanol–water partition coefficient (Wildman–Crippen LogP) is -0.828. The number of anilines is 2. The molecule has 33 heavy (non-hydrogen) atoms. The Morgan fingerprint density at radius 3 is 2.42 bits per heavy atom. The van der Waals surface area contributed by atoms with Gasteiger partial charge < -0.3 is 31.7 Å². The maximum atomic E-state index is 12.3. The Balaban J connectivity index is 1.68. The van der Waals surface area contributed by atoms with E-state index in [9.17, 15) is 29.1 Å². The van der Waals surface area contributed by atoms with Crippen molar-refractivity contribution in [3.05, 3.63) is 51.3 Å². The number of fused-ring (bicyclic) bond motifs is 1. The van der Waals surface area contributed by atoms with Crippen molar-refractivity contribution in [2.24, 2.45) is 0 Å². The number of aryl methyl sites for hydroxylation is 1. The molecule has 13 heteroatoms. The SMILES string of the molecule is Nc1nc2c(c(=O)[nH]1)C(O)(CCc1ccc(C(=O)N[C@H](CCC(=O)O)C(=O)O)cc1)C(=O)N2. The summed E-state index contributed by atoms with van der Waals surface area (Å²) in [5.41, 5.74) is 3.15. The fourth-order valence-electron chi connectivity index (χ4n) is 3.44. The minimum absolute atomic E-state index is 0.105. The van der Waals surface area contributed by atoms with Crippen molar-refractivity contribution < 1.29 is 34.5 Å². The van der Waals surface area contributed by atoms with Crippen LogP contribution in [0.3, 0.4) is 0 Å². The van der Waals surface area contributed by atoms with Gasteiger partial charge in [0.2, 0.25) is 5.95 Å². The number of nitrogen functional groups attached to an aromatic ring is 1. The summed E-state index contributed by atoms with van der Waals surface area (Å²) in [4.78, 5) is 64.7. The van der Waals surface area contributed by atoms with Crippen molar-refractivity contribution in [3.63, 3.8) is 0 Å². The van der Waals surface area contributed by atoms with Gasteiger partial charge in [0, 0.05) is 12.0 Å². The van der Waals surface area contributed by atoms with Gasteiger partial charge in [0.15, 0.2) is 5.60 Å². The van der Waals surface area contributed by atoms with Gasteiger partial charge in [0.1, 0.15) is 17.4 Å². The fourth-order valence-corrected chi connectivity index (χ4v) is 3.44. The molecule has 1 aromatic heterocycles. The molecular weight excluding hydrogens is 438 g/mol.